The molecule has 0 radical (unpaired) electrons. The van der Waals surface area contributed by atoms with Crippen molar-refractivity contribution >= 4 is 11.4 Å². The SMILES string of the molecule is Cc1ccc(-c2ccc(N(C3=CCCCC=C3)c3ccc(C4CC=CCC4)cc3)cc2)cc1. The van der Waals surface area contributed by atoms with Crippen LogP contribution in [0.5, 0.6) is 0 Å². The van der Waals surface area contributed by atoms with E-state index < -0.39 is 0 Å². The molecule has 0 saturated heterocycles. The lowest BCUT2D eigenvalue weighted by molar-refractivity contribution is 0.617. The fraction of sp³-hybridized carbons (Fsp3) is 0.250. The Balaban J connectivity index is 1.47. The molecule has 0 N–H and O–H groups in total. The van der Waals surface area contributed by atoms with Crippen molar-refractivity contribution in [3.8, 4) is 11.1 Å². The molecule has 0 aliphatic heterocycles. The summed E-state index contributed by atoms with van der Waals surface area (Å²) in [6, 6.07) is 27.1. The molecule has 1 unspecified atom stereocenters. The number of benzene rings is 3. The van der Waals surface area contributed by atoms with Crippen LogP contribution in [0.15, 0.2) is 109 Å². The minimum absolute atomic E-state index is 0.656. The maximum absolute atomic E-state index is 2.41. The fourth-order valence-corrected chi connectivity index (χ4v) is 4.91. The van der Waals surface area contributed by atoms with Gasteiger partial charge < -0.3 is 4.90 Å². The Labute approximate surface area is 198 Å². The Morgan fingerprint density at radius 1 is 0.667 bits per heavy atom. The largest absolute Gasteiger partial charge is 0.311 e. The molecule has 0 aromatic heterocycles. The third-order valence-electron chi connectivity index (χ3n) is 6.88. The average molecular weight is 432 g/mol. The monoisotopic (exact) mass is 431 g/mol. The Morgan fingerprint density at radius 2 is 1.33 bits per heavy atom. The maximum Gasteiger partial charge on any atom is 0.0461 e. The second kappa shape index (κ2) is 10.1. The van der Waals surface area contributed by atoms with E-state index in [1.807, 2.05) is 0 Å². The van der Waals surface area contributed by atoms with E-state index in [-0.39, 0.29) is 0 Å². The highest BCUT2D eigenvalue weighted by molar-refractivity contribution is 5.74. The van der Waals surface area contributed by atoms with Crippen molar-refractivity contribution in [2.24, 2.45) is 0 Å². The molecule has 0 spiro atoms. The van der Waals surface area contributed by atoms with Gasteiger partial charge in [0.2, 0.25) is 0 Å². The predicted molar refractivity (Wildman–Crippen MR) is 142 cm³/mol. The van der Waals surface area contributed by atoms with Crippen molar-refractivity contribution in [1.29, 1.82) is 0 Å². The van der Waals surface area contributed by atoms with E-state index in [0.717, 1.165) is 19.3 Å². The van der Waals surface area contributed by atoms with Crippen molar-refractivity contribution in [2.45, 2.75) is 51.4 Å². The molecule has 5 rings (SSSR count). The summed E-state index contributed by atoms with van der Waals surface area (Å²) < 4.78 is 0. The maximum atomic E-state index is 2.41. The zero-order chi connectivity index (χ0) is 22.5. The lowest BCUT2D eigenvalue weighted by Crippen LogP contribution is -2.15. The summed E-state index contributed by atoms with van der Waals surface area (Å²) in [7, 11) is 0. The quantitative estimate of drug-likeness (QED) is 0.364. The number of nitrogens with zero attached hydrogens (tertiary/aromatic N) is 1. The minimum Gasteiger partial charge on any atom is -0.311 e. The molecule has 0 amide bonds. The first-order chi connectivity index (χ1) is 16.3. The average Bonchev–Trinajstić information content (AvgIpc) is 3.16. The normalized spacial score (nSPS) is 18.0. The molecule has 2 aliphatic rings. The molecule has 0 saturated carbocycles. The van der Waals surface area contributed by atoms with Gasteiger partial charge in [0.25, 0.3) is 0 Å². The lowest BCUT2D eigenvalue weighted by Gasteiger charge is -2.27. The number of hydrogen-bond donors (Lipinski definition) is 0. The van der Waals surface area contributed by atoms with Gasteiger partial charge in [-0.3, -0.25) is 0 Å². The molecule has 0 heterocycles. The van der Waals surface area contributed by atoms with Crippen LogP contribution in [0.1, 0.15) is 55.6 Å². The third kappa shape index (κ3) is 5.03. The van der Waals surface area contributed by atoms with Crippen LogP contribution >= 0.6 is 0 Å². The highest BCUT2D eigenvalue weighted by Crippen LogP contribution is 2.36. The smallest absolute Gasteiger partial charge is 0.0461 e. The highest BCUT2D eigenvalue weighted by Gasteiger charge is 2.16. The van der Waals surface area contributed by atoms with Crippen molar-refractivity contribution in [3.05, 3.63) is 120 Å². The first kappa shape index (κ1) is 21.5. The second-order valence-corrected chi connectivity index (χ2v) is 9.28. The van der Waals surface area contributed by atoms with Gasteiger partial charge in [-0.15, -0.1) is 0 Å². The van der Waals surface area contributed by atoms with Crippen LogP contribution in [0.3, 0.4) is 0 Å². The van der Waals surface area contributed by atoms with Gasteiger partial charge in [-0.25, -0.2) is 0 Å². The van der Waals surface area contributed by atoms with Gasteiger partial charge in [0.1, 0.15) is 0 Å². The second-order valence-electron chi connectivity index (χ2n) is 9.28. The zero-order valence-electron chi connectivity index (χ0n) is 19.6. The van der Waals surface area contributed by atoms with Crippen LogP contribution in [0, 0.1) is 6.92 Å². The summed E-state index contributed by atoms with van der Waals surface area (Å²) in [4.78, 5) is 2.41. The fourth-order valence-electron chi connectivity index (χ4n) is 4.91. The van der Waals surface area contributed by atoms with Gasteiger partial charge >= 0.3 is 0 Å². The van der Waals surface area contributed by atoms with Gasteiger partial charge in [0.15, 0.2) is 0 Å². The molecule has 0 fully saturated rings. The van der Waals surface area contributed by atoms with Gasteiger partial charge in [-0.2, -0.15) is 0 Å². The van der Waals surface area contributed by atoms with Crippen LogP contribution < -0.4 is 4.90 Å². The van der Waals surface area contributed by atoms with E-state index in [1.165, 1.54) is 58.6 Å². The number of aryl methyl sites for hydroxylation is 1. The van der Waals surface area contributed by atoms with Gasteiger partial charge in [-0.1, -0.05) is 78.4 Å². The first-order valence-electron chi connectivity index (χ1n) is 12.4. The molecule has 33 heavy (non-hydrogen) atoms. The molecular weight excluding hydrogens is 398 g/mol. The summed E-state index contributed by atoms with van der Waals surface area (Å²) >= 11 is 0. The number of rotatable bonds is 5. The summed E-state index contributed by atoms with van der Waals surface area (Å²) in [5.41, 5.74) is 8.97. The predicted octanol–water partition coefficient (Wildman–Crippen LogP) is 9.25. The first-order valence-corrected chi connectivity index (χ1v) is 12.4. The standard InChI is InChI=1S/C32H33N/c1-25-13-15-27(16-14-25)29-19-23-32(24-20-29)33(30-11-7-2-3-8-12-30)31-21-17-28(18-22-31)26-9-5-4-6-10-26/h4-5,7,11-24,26H,2-3,6,8-10H2,1H3. The summed E-state index contributed by atoms with van der Waals surface area (Å²) in [5, 5.41) is 0. The Bertz CT molecular complexity index is 1140. The number of allylic oxidation sites excluding steroid dienone is 5. The molecule has 1 atom stereocenters. The highest BCUT2D eigenvalue weighted by atomic mass is 15.1. The summed E-state index contributed by atoms with van der Waals surface area (Å²) in [6.07, 6.45) is 18.8. The van der Waals surface area contributed by atoms with Crippen molar-refractivity contribution in [1.82, 2.24) is 0 Å². The topological polar surface area (TPSA) is 3.24 Å². The van der Waals surface area contributed by atoms with Crippen LogP contribution in [0.2, 0.25) is 0 Å². The molecule has 1 heteroatoms. The van der Waals surface area contributed by atoms with Crippen molar-refractivity contribution < 1.29 is 0 Å². The molecule has 166 valence electrons. The summed E-state index contributed by atoms with van der Waals surface area (Å²) in [5.74, 6) is 0.656. The molecular formula is C32H33N. The molecule has 1 nitrogen and oxygen atoms in total. The van der Waals surface area contributed by atoms with E-state index in [1.54, 1.807) is 0 Å². The van der Waals surface area contributed by atoms with Crippen molar-refractivity contribution in [3.63, 3.8) is 0 Å². The Hall–Kier alpha value is -3.32. The van der Waals surface area contributed by atoms with E-state index in [0.29, 0.717) is 5.92 Å². The zero-order valence-corrected chi connectivity index (χ0v) is 19.6. The Kier molecular flexibility index (Phi) is 6.58. The van der Waals surface area contributed by atoms with Crippen molar-refractivity contribution in [2.75, 3.05) is 4.90 Å². The molecule has 0 bridgehead atoms. The van der Waals surface area contributed by atoms with Gasteiger partial charge in [0, 0.05) is 17.1 Å². The minimum atomic E-state index is 0.656. The van der Waals surface area contributed by atoms with Crippen LogP contribution in [-0.2, 0) is 0 Å². The van der Waals surface area contributed by atoms with Gasteiger partial charge in [-0.05, 0) is 98.4 Å². The molecule has 2 aliphatic carbocycles. The summed E-state index contributed by atoms with van der Waals surface area (Å²) in [6.45, 7) is 2.13. The van der Waals surface area contributed by atoms with E-state index in [9.17, 15) is 0 Å². The number of hydrogen-bond acceptors (Lipinski definition) is 1. The van der Waals surface area contributed by atoms with E-state index >= 15 is 0 Å². The molecule has 3 aromatic carbocycles. The third-order valence-corrected chi connectivity index (χ3v) is 6.88. The van der Waals surface area contributed by atoms with E-state index in [2.05, 4.69) is 115 Å². The Morgan fingerprint density at radius 3 is 2.00 bits per heavy atom. The molecule has 3 aromatic rings. The van der Waals surface area contributed by atoms with Crippen LogP contribution in [-0.4, -0.2) is 0 Å². The van der Waals surface area contributed by atoms with Gasteiger partial charge in [0.05, 0.1) is 0 Å². The number of anilines is 2. The van der Waals surface area contributed by atoms with Crippen LogP contribution in [0.4, 0.5) is 11.4 Å². The van der Waals surface area contributed by atoms with E-state index in [4.69, 9.17) is 0 Å². The lowest BCUT2D eigenvalue weighted by atomic mass is 9.88. The van der Waals surface area contributed by atoms with Crippen LogP contribution in [0.25, 0.3) is 11.1 Å².